The second-order valence-electron chi connectivity index (χ2n) is 4.54. The maximum absolute atomic E-state index is 13.5. The van der Waals surface area contributed by atoms with Crippen molar-refractivity contribution in [3.8, 4) is 0 Å². The van der Waals surface area contributed by atoms with Crippen LogP contribution in [-0.4, -0.2) is 29.2 Å². The minimum Gasteiger partial charge on any atom is -0.465 e. The normalized spacial score (nSPS) is 16.5. The molecule has 2 rings (SSSR count). The van der Waals surface area contributed by atoms with Crippen molar-refractivity contribution >= 4 is 12.2 Å². The van der Waals surface area contributed by atoms with Crippen molar-refractivity contribution in [2.45, 2.75) is 6.18 Å². The molecule has 1 aliphatic rings. The third-order valence-electron chi connectivity index (χ3n) is 3.06. The molecule has 0 bridgehead atoms. The summed E-state index contributed by atoms with van der Waals surface area (Å²) in [7, 11) is 0. The number of carbonyl (C=O) groups is 1. The van der Waals surface area contributed by atoms with Crippen LogP contribution in [0.15, 0.2) is 24.3 Å². The molecule has 3 nitrogen and oxygen atoms in total. The summed E-state index contributed by atoms with van der Waals surface area (Å²) in [4.78, 5) is 11.7. The van der Waals surface area contributed by atoms with Crippen LogP contribution in [0.3, 0.4) is 0 Å². The highest BCUT2D eigenvalue weighted by Gasteiger charge is 2.31. The first-order valence-electron chi connectivity index (χ1n) is 5.80. The van der Waals surface area contributed by atoms with E-state index in [9.17, 15) is 22.4 Å². The van der Waals surface area contributed by atoms with Gasteiger partial charge in [0.05, 0.1) is 5.56 Å². The van der Waals surface area contributed by atoms with Gasteiger partial charge in [-0.05, 0) is 12.1 Å². The Bertz CT molecular complexity index is 548. The van der Waals surface area contributed by atoms with Crippen molar-refractivity contribution in [2.24, 2.45) is 5.92 Å². The van der Waals surface area contributed by atoms with Crippen molar-refractivity contribution in [3.05, 3.63) is 41.2 Å². The number of nitrogens with zero attached hydrogens (tertiary/aromatic N) is 1. The van der Waals surface area contributed by atoms with Gasteiger partial charge in [0.25, 0.3) is 0 Å². The number of rotatable bonds is 2. The molecule has 0 radical (unpaired) electrons. The zero-order valence-corrected chi connectivity index (χ0v) is 10.2. The lowest BCUT2D eigenvalue weighted by Crippen LogP contribution is -2.48. The van der Waals surface area contributed by atoms with Gasteiger partial charge in [-0.3, -0.25) is 0 Å². The average Bonchev–Trinajstić information content (AvgIpc) is 2.26. The fraction of sp³-hybridized carbons (Fsp3) is 0.308. The van der Waals surface area contributed by atoms with Crippen LogP contribution in [0.4, 0.5) is 22.4 Å². The molecule has 0 atom stereocenters. The molecule has 0 aliphatic carbocycles. The third kappa shape index (κ3) is 3.09. The first-order chi connectivity index (χ1) is 9.27. The second-order valence-corrected chi connectivity index (χ2v) is 4.54. The number of carboxylic acid groups (broad SMARTS) is 1. The molecule has 1 N–H and O–H groups in total. The van der Waals surface area contributed by atoms with E-state index in [4.69, 9.17) is 5.11 Å². The molecule has 7 heteroatoms. The topological polar surface area (TPSA) is 40.5 Å². The van der Waals surface area contributed by atoms with Crippen molar-refractivity contribution in [1.29, 1.82) is 0 Å². The van der Waals surface area contributed by atoms with Gasteiger partial charge in [-0.1, -0.05) is 18.2 Å². The van der Waals surface area contributed by atoms with Crippen molar-refractivity contribution in [3.63, 3.8) is 0 Å². The van der Waals surface area contributed by atoms with Gasteiger partial charge in [-0.15, -0.1) is 0 Å². The summed E-state index contributed by atoms with van der Waals surface area (Å²) >= 11 is 0. The Morgan fingerprint density at radius 1 is 1.35 bits per heavy atom. The first-order valence-corrected chi connectivity index (χ1v) is 5.80. The van der Waals surface area contributed by atoms with Crippen LogP contribution in [0.2, 0.25) is 0 Å². The molecule has 1 amide bonds. The van der Waals surface area contributed by atoms with E-state index in [1.54, 1.807) is 6.08 Å². The number of halogens is 4. The monoisotopic (exact) mass is 289 g/mol. The quantitative estimate of drug-likeness (QED) is 0.847. The van der Waals surface area contributed by atoms with E-state index >= 15 is 0 Å². The predicted molar refractivity (Wildman–Crippen MR) is 63.5 cm³/mol. The number of hydrogen-bond donors (Lipinski definition) is 1. The lowest BCUT2D eigenvalue weighted by Gasteiger charge is -2.35. The summed E-state index contributed by atoms with van der Waals surface area (Å²) in [6, 6.07) is 2.32. The van der Waals surface area contributed by atoms with Gasteiger partial charge < -0.3 is 10.0 Å². The highest BCUT2D eigenvalue weighted by atomic mass is 19.4. The van der Waals surface area contributed by atoms with E-state index in [1.807, 2.05) is 0 Å². The molecule has 1 saturated heterocycles. The number of amides is 1. The molecule has 108 valence electrons. The molecule has 1 aromatic carbocycles. The summed E-state index contributed by atoms with van der Waals surface area (Å²) in [6.07, 6.45) is -2.61. The molecule has 0 aromatic heterocycles. The fourth-order valence-corrected chi connectivity index (χ4v) is 1.87. The summed E-state index contributed by atoms with van der Waals surface area (Å²) in [5.74, 6) is -0.988. The summed E-state index contributed by atoms with van der Waals surface area (Å²) in [6.45, 7) is 0.627. The maximum Gasteiger partial charge on any atom is 0.416 e. The van der Waals surface area contributed by atoms with E-state index in [1.165, 1.54) is 11.0 Å². The Hall–Kier alpha value is -2.05. The standard InChI is InChI=1S/C13H11F4NO2/c14-11-5-10(13(15,16)17)4-3-9(11)2-1-8-6-18(7-8)12(19)20/h1-5,8H,6-7H2,(H,19,20)/b2-1+. The zero-order chi connectivity index (χ0) is 14.9. The van der Waals surface area contributed by atoms with E-state index < -0.39 is 23.7 Å². The minimum atomic E-state index is -4.57. The molecular weight excluding hydrogens is 278 g/mol. The lowest BCUT2D eigenvalue weighted by molar-refractivity contribution is -0.137. The number of likely N-dealkylation sites (tertiary alicyclic amines) is 1. The van der Waals surface area contributed by atoms with Crippen LogP contribution in [0.5, 0.6) is 0 Å². The number of alkyl halides is 3. The Labute approximate surface area is 112 Å². The number of hydrogen-bond acceptors (Lipinski definition) is 1. The Balaban J connectivity index is 2.02. The average molecular weight is 289 g/mol. The molecule has 20 heavy (non-hydrogen) atoms. The summed E-state index contributed by atoms with van der Waals surface area (Å²) < 4.78 is 50.6. The molecule has 0 unspecified atom stereocenters. The molecule has 1 fully saturated rings. The van der Waals surface area contributed by atoms with Crippen molar-refractivity contribution in [1.82, 2.24) is 4.90 Å². The van der Waals surface area contributed by atoms with Crippen LogP contribution in [0.25, 0.3) is 6.08 Å². The van der Waals surface area contributed by atoms with E-state index in [0.717, 1.165) is 12.1 Å². The predicted octanol–water partition coefficient (Wildman–Crippen LogP) is 3.47. The maximum atomic E-state index is 13.5. The fourth-order valence-electron chi connectivity index (χ4n) is 1.87. The van der Waals surface area contributed by atoms with Crippen molar-refractivity contribution in [2.75, 3.05) is 13.1 Å². The molecule has 0 spiro atoms. The minimum absolute atomic E-state index is 0.0345. The van der Waals surface area contributed by atoms with Gasteiger partial charge in [-0.2, -0.15) is 13.2 Å². The van der Waals surface area contributed by atoms with Gasteiger partial charge in [0.1, 0.15) is 5.82 Å². The first kappa shape index (κ1) is 14.4. The van der Waals surface area contributed by atoms with Crippen LogP contribution < -0.4 is 0 Å². The van der Waals surface area contributed by atoms with Crippen molar-refractivity contribution < 1.29 is 27.5 Å². The largest absolute Gasteiger partial charge is 0.465 e. The van der Waals surface area contributed by atoms with Gasteiger partial charge in [0.2, 0.25) is 0 Å². The third-order valence-corrected chi connectivity index (χ3v) is 3.06. The van der Waals surface area contributed by atoms with Crippen LogP contribution >= 0.6 is 0 Å². The molecule has 0 saturated carbocycles. The Morgan fingerprint density at radius 3 is 2.50 bits per heavy atom. The molecule has 1 heterocycles. The SMILES string of the molecule is O=C(O)N1CC(/C=C/c2ccc(C(F)(F)F)cc2F)C1. The zero-order valence-electron chi connectivity index (χ0n) is 10.2. The van der Waals surface area contributed by atoms with E-state index in [0.29, 0.717) is 19.2 Å². The lowest BCUT2D eigenvalue weighted by atomic mass is 9.99. The smallest absolute Gasteiger partial charge is 0.416 e. The number of benzene rings is 1. The molecule has 1 aliphatic heterocycles. The summed E-state index contributed by atoms with van der Waals surface area (Å²) in [5, 5.41) is 8.62. The Morgan fingerprint density at radius 2 is 2.00 bits per heavy atom. The van der Waals surface area contributed by atoms with Crippen LogP contribution in [0, 0.1) is 11.7 Å². The van der Waals surface area contributed by atoms with Crippen LogP contribution in [0.1, 0.15) is 11.1 Å². The highest BCUT2D eigenvalue weighted by Crippen LogP contribution is 2.30. The van der Waals surface area contributed by atoms with Gasteiger partial charge in [-0.25, -0.2) is 9.18 Å². The van der Waals surface area contributed by atoms with E-state index in [-0.39, 0.29) is 11.5 Å². The van der Waals surface area contributed by atoms with Gasteiger partial charge >= 0.3 is 12.3 Å². The van der Waals surface area contributed by atoms with Gasteiger partial charge in [0.15, 0.2) is 0 Å². The second kappa shape index (κ2) is 5.15. The highest BCUT2D eigenvalue weighted by molar-refractivity contribution is 5.66. The van der Waals surface area contributed by atoms with E-state index in [2.05, 4.69) is 0 Å². The molecular formula is C13H11F4NO2. The summed E-state index contributed by atoms with van der Waals surface area (Å²) in [5.41, 5.74) is -0.986. The Kier molecular flexibility index (Phi) is 3.69. The molecule has 1 aromatic rings. The van der Waals surface area contributed by atoms with Crippen LogP contribution in [-0.2, 0) is 6.18 Å². The van der Waals surface area contributed by atoms with Gasteiger partial charge in [0, 0.05) is 24.6 Å².